The smallest absolute Gasteiger partial charge is 0.0137 e. The van der Waals surface area contributed by atoms with Gasteiger partial charge >= 0.3 is 0 Å². The average molecular weight is 209 g/mol. The van der Waals surface area contributed by atoms with Crippen molar-refractivity contribution in [1.82, 2.24) is 5.32 Å². The van der Waals surface area contributed by atoms with Crippen LogP contribution in [0.4, 0.5) is 0 Å². The summed E-state index contributed by atoms with van der Waals surface area (Å²) in [7, 11) is 0. The van der Waals surface area contributed by atoms with E-state index < -0.39 is 0 Å². The summed E-state index contributed by atoms with van der Waals surface area (Å²) in [6.45, 7) is 8.96. The normalized spacial score (nSPS) is 26.3. The van der Waals surface area contributed by atoms with E-state index in [2.05, 4.69) is 32.2 Å². The minimum atomic E-state index is 0.974. The summed E-state index contributed by atoms with van der Waals surface area (Å²) in [5, 5.41) is 3.50. The third-order valence-electron chi connectivity index (χ3n) is 3.43. The van der Waals surface area contributed by atoms with E-state index in [-0.39, 0.29) is 0 Å². The first kappa shape index (κ1) is 12.8. The predicted octanol–water partition coefficient (Wildman–Crippen LogP) is 3.76. The molecule has 0 radical (unpaired) electrons. The van der Waals surface area contributed by atoms with Gasteiger partial charge in [0.2, 0.25) is 0 Å². The quantitative estimate of drug-likeness (QED) is 0.537. The van der Waals surface area contributed by atoms with Crippen molar-refractivity contribution in [3.63, 3.8) is 0 Å². The van der Waals surface area contributed by atoms with Gasteiger partial charge in [-0.1, -0.05) is 37.8 Å². The van der Waals surface area contributed by atoms with Crippen LogP contribution in [0.2, 0.25) is 0 Å². The van der Waals surface area contributed by atoms with Crippen LogP contribution >= 0.6 is 0 Å². The highest BCUT2D eigenvalue weighted by molar-refractivity contribution is 4.94. The van der Waals surface area contributed by atoms with Crippen LogP contribution in [0.1, 0.15) is 52.9 Å². The lowest BCUT2D eigenvalue weighted by Crippen LogP contribution is -2.21. The van der Waals surface area contributed by atoms with Gasteiger partial charge in [-0.15, -0.1) is 0 Å². The number of rotatable bonds is 5. The predicted molar refractivity (Wildman–Crippen MR) is 68.0 cm³/mol. The molecule has 1 aliphatic carbocycles. The second kappa shape index (κ2) is 7.05. The zero-order valence-electron chi connectivity index (χ0n) is 10.7. The Morgan fingerprint density at radius 1 is 1.33 bits per heavy atom. The van der Waals surface area contributed by atoms with Gasteiger partial charge in [-0.25, -0.2) is 0 Å². The second-order valence-corrected chi connectivity index (χ2v) is 5.41. The Balaban J connectivity index is 2.02. The summed E-state index contributed by atoms with van der Waals surface area (Å²) >= 11 is 0. The van der Waals surface area contributed by atoms with Crippen LogP contribution in [0.5, 0.6) is 0 Å². The van der Waals surface area contributed by atoms with E-state index in [0.29, 0.717) is 0 Å². The van der Waals surface area contributed by atoms with Gasteiger partial charge in [-0.05, 0) is 45.1 Å². The Hall–Kier alpha value is -0.300. The fourth-order valence-electron chi connectivity index (χ4n) is 2.51. The fourth-order valence-corrected chi connectivity index (χ4v) is 2.51. The third kappa shape index (κ3) is 5.99. The summed E-state index contributed by atoms with van der Waals surface area (Å²) in [4.78, 5) is 0. The lowest BCUT2D eigenvalue weighted by Gasteiger charge is -2.26. The molecule has 2 atom stereocenters. The molecule has 0 spiro atoms. The number of hydrogen-bond acceptors (Lipinski definition) is 1. The Labute approximate surface area is 95.3 Å². The van der Waals surface area contributed by atoms with E-state index in [9.17, 15) is 0 Å². The molecule has 1 N–H and O–H groups in total. The molecule has 1 nitrogen and oxygen atoms in total. The molecular weight excluding hydrogens is 182 g/mol. The zero-order valence-corrected chi connectivity index (χ0v) is 10.7. The molecule has 0 aliphatic heterocycles. The average Bonchev–Trinajstić information content (AvgIpc) is 2.17. The standard InChI is InChI=1S/C14H27N/c1-12(2)7-9-15-10-8-14-6-4-5-13(3)11-14/h7,13-15H,4-6,8-11H2,1-3H3. The van der Waals surface area contributed by atoms with Crippen molar-refractivity contribution in [3.8, 4) is 0 Å². The van der Waals surface area contributed by atoms with Gasteiger partial charge in [-0.3, -0.25) is 0 Å². The minimum absolute atomic E-state index is 0.974. The molecule has 1 fully saturated rings. The minimum Gasteiger partial charge on any atom is -0.313 e. The molecule has 0 aromatic heterocycles. The van der Waals surface area contributed by atoms with Gasteiger partial charge in [0.15, 0.2) is 0 Å². The van der Waals surface area contributed by atoms with Crippen molar-refractivity contribution in [2.75, 3.05) is 13.1 Å². The van der Waals surface area contributed by atoms with Crippen LogP contribution in [0.3, 0.4) is 0 Å². The van der Waals surface area contributed by atoms with E-state index in [1.165, 1.54) is 44.2 Å². The maximum absolute atomic E-state index is 3.50. The topological polar surface area (TPSA) is 12.0 Å². The molecule has 1 saturated carbocycles. The lowest BCUT2D eigenvalue weighted by atomic mass is 9.81. The molecule has 2 unspecified atom stereocenters. The van der Waals surface area contributed by atoms with Gasteiger partial charge in [-0.2, -0.15) is 0 Å². The van der Waals surface area contributed by atoms with Crippen molar-refractivity contribution in [1.29, 1.82) is 0 Å². The van der Waals surface area contributed by atoms with Crippen LogP contribution in [-0.2, 0) is 0 Å². The van der Waals surface area contributed by atoms with Gasteiger partial charge in [0.25, 0.3) is 0 Å². The number of allylic oxidation sites excluding steroid dienone is 1. The highest BCUT2D eigenvalue weighted by Gasteiger charge is 2.17. The van der Waals surface area contributed by atoms with Crippen molar-refractivity contribution >= 4 is 0 Å². The Bertz CT molecular complexity index is 192. The van der Waals surface area contributed by atoms with Crippen LogP contribution < -0.4 is 5.32 Å². The molecule has 0 aromatic carbocycles. The van der Waals surface area contributed by atoms with Crippen molar-refractivity contribution < 1.29 is 0 Å². The van der Waals surface area contributed by atoms with Crippen LogP contribution in [0.25, 0.3) is 0 Å². The van der Waals surface area contributed by atoms with Crippen molar-refractivity contribution in [2.45, 2.75) is 52.9 Å². The summed E-state index contributed by atoms with van der Waals surface area (Å²) in [6, 6.07) is 0. The second-order valence-electron chi connectivity index (χ2n) is 5.41. The Kier molecular flexibility index (Phi) is 6.00. The monoisotopic (exact) mass is 209 g/mol. The summed E-state index contributed by atoms with van der Waals surface area (Å²) in [5.74, 6) is 1.97. The lowest BCUT2D eigenvalue weighted by molar-refractivity contribution is 0.268. The van der Waals surface area contributed by atoms with Crippen molar-refractivity contribution in [3.05, 3.63) is 11.6 Å². The molecule has 1 heteroatoms. The van der Waals surface area contributed by atoms with E-state index in [1.54, 1.807) is 0 Å². The zero-order chi connectivity index (χ0) is 11.1. The van der Waals surface area contributed by atoms with E-state index in [0.717, 1.165) is 18.4 Å². The van der Waals surface area contributed by atoms with E-state index in [4.69, 9.17) is 0 Å². The number of hydrogen-bond donors (Lipinski definition) is 1. The van der Waals surface area contributed by atoms with Gasteiger partial charge in [0.05, 0.1) is 0 Å². The van der Waals surface area contributed by atoms with E-state index >= 15 is 0 Å². The molecule has 0 heterocycles. The first-order valence-corrected chi connectivity index (χ1v) is 6.52. The van der Waals surface area contributed by atoms with Gasteiger partial charge < -0.3 is 5.32 Å². The maximum Gasteiger partial charge on any atom is 0.0137 e. The van der Waals surface area contributed by atoms with E-state index in [1.807, 2.05) is 0 Å². The molecular formula is C14H27N. The largest absolute Gasteiger partial charge is 0.313 e. The highest BCUT2D eigenvalue weighted by atomic mass is 14.8. The molecule has 0 saturated heterocycles. The third-order valence-corrected chi connectivity index (χ3v) is 3.43. The van der Waals surface area contributed by atoms with Gasteiger partial charge in [0, 0.05) is 6.54 Å². The van der Waals surface area contributed by atoms with Crippen LogP contribution in [0, 0.1) is 11.8 Å². The first-order chi connectivity index (χ1) is 7.18. The fraction of sp³-hybridized carbons (Fsp3) is 0.857. The molecule has 0 bridgehead atoms. The SMILES string of the molecule is CC(C)=CCNCCC1CCCC(C)C1. The van der Waals surface area contributed by atoms with Crippen LogP contribution in [0.15, 0.2) is 11.6 Å². The van der Waals surface area contributed by atoms with Crippen molar-refractivity contribution in [2.24, 2.45) is 11.8 Å². The summed E-state index contributed by atoms with van der Waals surface area (Å²) in [5.41, 5.74) is 1.41. The Morgan fingerprint density at radius 2 is 2.13 bits per heavy atom. The van der Waals surface area contributed by atoms with Crippen LogP contribution in [-0.4, -0.2) is 13.1 Å². The molecule has 1 rings (SSSR count). The summed E-state index contributed by atoms with van der Waals surface area (Å²) < 4.78 is 0. The summed E-state index contributed by atoms with van der Waals surface area (Å²) in [6.07, 6.45) is 9.49. The first-order valence-electron chi connectivity index (χ1n) is 6.52. The maximum atomic E-state index is 3.50. The molecule has 1 aliphatic rings. The molecule has 0 aromatic rings. The molecule has 88 valence electrons. The van der Waals surface area contributed by atoms with Gasteiger partial charge in [0.1, 0.15) is 0 Å². The molecule has 15 heavy (non-hydrogen) atoms. The molecule has 0 amide bonds. The number of nitrogens with one attached hydrogen (secondary N) is 1. The highest BCUT2D eigenvalue weighted by Crippen LogP contribution is 2.30. The Morgan fingerprint density at radius 3 is 2.80 bits per heavy atom.